The molecule has 5 atom stereocenters. The normalized spacial score (nSPS) is 26.3. The van der Waals surface area contributed by atoms with Crippen molar-refractivity contribution in [3.8, 4) is 17.2 Å². The Balaban J connectivity index is 1.22. The summed E-state index contributed by atoms with van der Waals surface area (Å²) in [7, 11) is 0. The van der Waals surface area contributed by atoms with Gasteiger partial charge in [-0.1, -0.05) is 35.3 Å². The van der Waals surface area contributed by atoms with Crippen molar-refractivity contribution in [2.75, 3.05) is 32.9 Å². The second kappa shape index (κ2) is 13.3. The summed E-state index contributed by atoms with van der Waals surface area (Å²) in [5.41, 5.74) is 4.54. The molecule has 5 unspecified atom stereocenters. The fourth-order valence-corrected chi connectivity index (χ4v) is 9.69. The number of amides is 1. The van der Waals surface area contributed by atoms with E-state index in [1.165, 1.54) is 0 Å². The Hall–Kier alpha value is -3.26. The average Bonchev–Trinajstić information content (AvgIpc) is 3.43. The lowest BCUT2D eigenvalue weighted by atomic mass is 9.79. The van der Waals surface area contributed by atoms with Crippen molar-refractivity contribution < 1.29 is 18.7 Å². The SMILES string of the molecule is Cc1nc2c(F)c(-c3cccc(Cl)c3Cl)c(CCC#N)cc2c2c1cc(C1CC(OCC3CCOCC3)CN1C(=O)C1CC1)n2C1C2CNC1C2. The number of hydrogen-bond donors (Lipinski definition) is 1. The van der Waals surface area contributed by atoms with E-state index >= 15 is 4.39 Å². The monoisotopic (exact) mass is 729 g/mol. The summed E-state index contributed by atoms with van der Waals surface area (Å²) in [6, 6.07) is 12.0. The van der Waals surface area contributed by atoms with Gasteiger partial charge in [0.1, 0.15) is 5.52 Å². The number of nitrogens with one attached hydrogen (secondary N) is 1. The smallest absolute Gasteiger partial charge is 0.226 e. The summed E-state index contributed by atoms with van der Waals surface area (Å²) in [4.78, 5) is 21.0. The van der Waals surface area contributed by atoms with E-state index in [1.54, 1.807) is 18.2 Å². The van der Waals surface area contributed by atoms with Crippen molar-refractivity contribution in [3.05, 3.63) is 63.1 Å². The van der Waals surface area contributed by atoms with Gasteiger partial charge in [-0.2, -0.15) is 5.26 Å². The standard InChI is InChI=1S/C40H42Cl2FN5O3/c1-21-28-17-33(32-16-26(19-47(32)40(49)23-7-8-23)51-20-22-9-12-50-13-10-22)48(38-25-15-31(38)45-18-25)39(28)29-14-24(4-3-11-44)34(36(43)37(29)46-21)27-5-2-6-30(41)35(27)42/h2,5-6,14,17,22-23,25-26,31-32,38,45H,3-4,7-10,12-13,15-16,18-20H2,1H3. The van der Waals surface area contributed by atoms with E-state index in [4.69, 9.17) is 37.7 Å². The quantitative estimate of drug-likeness (QED) is 0.187. The first-order chi connectivity index (χ1) is 24.8. The molecule has 6 fully saturated rings. The number of benzene rings is 2. The molecule has 4 aromatic rings. The van der Waals surface area contributed by atoms with Gasteiger partial charge in [0.25, 0.3) is 0 Å². The van der Waals surface area contributed by atoms with Crippen LogP contribution in [0.3, 0.4) is 0 Å². The van der Waals surface area contributed by atoms with Gasteiger partial charge >= 0.3 is 0 Å². The summed E-state index contributed by atoms with van der Waals surface area (Å²) in [5.74, 6) is 0.752. The van der Waals surface area contributed by atoms with Crippen molar-refractivity contribution in [2.45, 2.75) is 82.5 Å². The zero-order valence-electron chi connectivity index (χ0n) is 28.8. The summed E-state index contributed by atoms with van der Waals surface area (Å²) in [6.45, 7) is 5.69. The summed E-state index contributed by atoms with van der Waals surface area (Å²) in [5, 5.41) is 15.6. The Kier molecular flexibility index (Phi) is 8.76. The van der Waals surface area contributed by atoms with E-state index in [-0.39, 0.29) is 47.0 Å². The first-order valence-electron chi connectivity index (χ1n) is 18.5. The minimum absolute atomic E-state index is 0.0563. The maximum Gasteiger partial charge on any atom is 0.226 e. The van der Waals surface area contributed by atoms with Crippen LogP contribution in [-0.2, 0) is 20.7 Å². The van der Waals surface area contributed by atoms with Gasteiger partial charge in [-0.15, -0.1) is 0 Å². The third-order valence-corrected chi connectivity index (χ3v) is 13.0. The number of likely N-dealkylation sites (tertiary alicyclic amines) is 1. The molecule has 2 bridgehead atoms. The Labute approximate surface area is 307 Å². The number of aromatic nitrogens is 2. The highest BCUT2D eigenvalue weighted by molar-refractivity contribution is 6.43. The summed E-state index contributed by atoms with van der Waals surface area (Å²) >= 11 is 13.1. The lowest BCUT2D eigenvalue weighted by Gasteiger charge is -2.39. The summed E-state index contributed by atoms with van der Waals surface area (Å²) in [6.07, 6.45) is 6.21. The number of aryl methyl sites for hydroxylation is 2. The number of rotatable bonds is 9. The molecular weight excluding hydrogens is 688 g/mol. The molecule has 6 heterocycles. The molecule has 2 saturated carbocycles. The van der Waals surface area contributed by atoms with Crippen molar-refractivity contribution >= 4 is 50.9 Å². The molecule has 8 nitrogen and oxygen atoms in total. The lowest BCUT2D eigenvalue weighted by molar-refractivity contribution is -0.134. The Morgan fingerprint density at radius 1 is 1.16 bits per heavy atom. The number of pyridine rings is 1. The third kappa shape index (κ3) is 5.73. The zero-order chi connectivity index (χ0) is 35.0. The zero-order valence-corrected chi connectivity index (χ0v) is 30.3. The van der Waals surface area contributed by atoms with Crippen LogP contribution in [0, 0.1) is 41.8 Å². The fraction of sp³-hybridized carbons (Fsp3) is 0.525. The molecule has 1 N–H and O–H groups in total. The lowest BCUT2D eigenvalue weighted by Crippen LogP contribution is -2.41. The second-order valence-electron chi connectivity index (χ2n) is 15.3. The molecule has 51 heavy (non-hydrogen) atoms. The molecule has 2 aromatic carbocycles. The van der Waals surface area contributed by atoms with Crippen LogP contribution in [0.15, 0.2) is 30.3 Å². The van der Waals surface area contributed by atoms with Gasteiger partial charge in [-0.25, -0.2) is 9.37 Å². The van der Waals surface area contributed by atoms with Gasteiger partial charge in [0.15, 0.2) is 5.82 Å². The minimum atomic E-state index is -0.466. The van der Waals surface area contributed by atoms with E-state index < -0.39 is 5.82 Å². The van der Waals surface area contributed by atoms with Crippen LogP contribution >= 0.6 is 23.2 Å². The largest absolute Gasteiger partial charge is 0.381 e. The van der Waals surface area contributed by atoms with Gasteiger partial charge in [-0.3, -0.25) is 4.79 Å². The number of fused-ring (bicyclic) bond motifs is 4. The van der Waals surface area contributed by atoms with Gasteiger partial charge in [0.2, 0.25) is 5.91 Å². The number of carbonyl (C=O) groups excluding carboxylic acids is 1. The van der Waals surface area contributed by atoms with E-state index in [2.05, 4.69) is 26.9 Å². The maximum atomic E-state index is 17.2. The number of nitrogens with zero attached hydrogens (tertiary/aromatic N) is 4. The molecule has 11 heteroatoms. The Morgan fingerprint density at radius 3 is 2.71 bits per heavy atom. The van der Waals surface area contributed by atoms with Gasteiger partial charge in [-0.05, 0) is 81.0 Å². The van der Waals surface area contributed by atoms with E-state index in [0.717, 1.165) is 80.6 Å². The first kappa shape index (κ1) is 33.6. The predicted molar refractivity (Wildman–Crippen MR) is 195 cm³/mol. The van der Waals surface area contributed by atoms with Crippen LogP contribution in [0.2, 0.25) is 10.0 Å². The van der Waals surface area contributed by atoms with E-state index in [0.29, 0.717) is 64.5 Å². The average molecular weight is 731 g/mol. The Morgan fingerprint density at radius 2 is 1.98 bits per heavy atom. The van der Waals surface area contributed by atoms with E-state index in [9.17, 15) is 10.1 Å². The molecule has 1 amide bonds. The Bertz CT molecular complexity index is 2070. The maximum absolute atomic E-state index is 17.2. The van der Waals surface area contributed by atoms with Gasteiger partial charge in [0.05, 0.1) is 46.4 Å². The number of nitriles is 1. The molecule has 10 rings (SSSR count). The van der Waals surface area contributed by atoms with Crippen LogP contribution < -0.4 is 5.32 Å². The van der Waals surface area contributed by atoms with Crippen LogP contribution in [0.1, 0.15) is 74.0 Å². The first-order valence-corrected chi connectivity index (χ1v) is 19.3. The predicted octanol–water partition coefficient (Wildman–Crippen LogP) is 8.10. The molecule has 2 aromatic heterocycles. The number of ether oxygens (including phenoxy) is 2. The minimum Gasteiger partial charge on any atom is -0.381 e. The molecule has 2 aliphatic carbocycles. The molecule has 4 aliphatic heterocycles. The fourth-order valence-electron chi connectivity index (χ4n) is 9.29. The van der Waals surface area contributed by atoms with Crippen molar-refractivity contribution in [1.82, 2.24) is 19.8 Å². The second-order valence-corrected chi connectivity index (χ2v) is 16.1. The molecular formula is C40H42Cl2FN5O3. The van der Waals surface area contributed by atoms with Crippen molar-refractivity contribution in [3.63, 3.8) is 0 Å². The topological polar surface area (TPSA) is 92.4 Å². The van der Waals surface area contributed by atoms with Crippen molar-refractivity contribution in [2.24, 2.45) is 17.8 Å². The van der Waals surface area contributed by atoms with Crippen LogP contribution in [0.4, 0.5) is 4.39 Å². The third-order valence-electron chi connectivity index (χ3n) is 12.2. The summed E-state index contributed by atoms with van der Waals surface area (Å²) < 4.78 is 31.8. The molecule has 0 radical (unpaired) electrons. The van der Waals surface area contributed by atoms with Gasteiger partial charge in [0, 0.05) is 84.4 Å². The van der Waals surface area contributed by atoms with Crippen LogP contribution in [0.25, 0.3) is 32.9 Å². The van der Waals surface area contributed by atoms with Crippen LogP contribution in [-0.4, -0.2) is 65.4 Å². The number of hydrogen-bond acceptors (Lipinski definition) is 6. The highest BCUT2D eigenvalue weighted by Crippen LogP contribution is 2.51. The molecule has 6 aliphatic rings. The number of halogens is 3. The number of carbonyl (C=O) groups is 1. The molecule has 0 spiro atoms. The van der Waals surface area contributed by atoms with Crippen LogP contribution in [0.5, 0.6) is 0 Å². The van der Waals surface area contributed by atoms with Gasteiger partial charge < -0.3 is 24.3 Å². The highest BCUT2D eigenvalue weighted by Gasteiger charge is 2.51. The van der Waals surface area contributed by atoms with E-state index in [1.807, 2.05) is 13.0 Å². The molecule has 266 valence electrons. The molecule has 4 saturated heterocycles. The van der Waals surface area contributed by atoms with Crippen molar-refractivity contribution in [1.29, 1.82) is 5.26 Å². The highest BCUT2D eigenvalue weighted by atomic mass is 35.5.